The van der Waals surface area contributed by atoms with Gasteiger partial charge >= 0.3 is 0 Å². The van der Waals surface area contributed by atoms with Crippen molar-refractivity contribution in [1.29, 1.82) is 0 Å². The van der Waals surface area contributed by atoms with E-state index in [4.69, 9.17) is 9.97 Å². The van der Waals surface area contributed by atoms with Crippen molar-refractivity contribution in [1.82, 2.24) is 9.97 Å². The average molecular weight is 703 g/mol. The average Bonchev–Trinajstić information content (AvgIpc) is 3.49. The van der Waals surface area contributed by atoms with Gasteiger partial charge < -0.3 is 0 Å². The lowest BCUT2D eigenvalue weighted by atomic mass is 9.81. The molecule has 0 saturated carbocycles. The summed E-state index contributed by atoms with van der Waals surface area (Å²) in [6, 6.07) is 69.5. The molecule has 1 aromatic heterocycles. The van der Waals surface area contributed by atoms with Crippen molar-refractivity contribution in [3.8, 4) is 78.4 Å². The van der Waals surface area contributed by atoms with E-state index >= 15 is 0 Å². The molecule has 260 valence electrons. The summed E-state index contributed by atoms with van der Waals surface area (Å²) in [5, 5.41) is 2.62. The van der Waals surface area contributed by atoms with E-state index in [9.17, 15) is 0 Å². The highest BCUT2D eigenvalue weighted by atomic mass is 14.9. The van der Waals surface area contributed by atoms with E-state index in [0.717, 1.165) is 39.2 Å². The summed E-state index contributed by atoms with van der Waals surface area (Å²) in [7, 11) is 0. The van der Waals surface area contributed by atoms with Gasteiger partial charge in [0.1, 0.15) is 0 Å². The highest BCUT2D eigenvalue weighted by molar-refractivity contribution is 6.02. The summed E-state index contributed by atoms with van der Waals surface area (Å²) < 4.78 is 0. The maximum absolute atomic E-state index is 5.15. The van der Waals surface area contributed by atoms with Crippen LogP contribution in [0.5, 0.6) is 0 Å². The molecule has 0 spiro atoms. The highest BCUT2D eigenvalue weighted by Crippen LogP contribution is 2.52. The van der Waals surface area contributed by atoms with Gasteiger partial charge in [-0.15, -0.1) is 0 Å². The van der Waals surface area contributed by atoms with E-state index in [2.05, 4.69) is 196 Å². The first-order valence-corrected chi connectivity index (χ1v) is 19.0. The van der Waals surface area contributed by atoms with Crippen molar-refractivity contribution < 1.29 is 0 Å². The van der Waals surface area contributed by atoms with Crippen molar-refractivity contribution in [2.45, 2.75) is 19.3 Å². The number of hydrogen-bond donors (Lipinski definition) is 0. The molecule has 0 unspecified atom stereocenters. The minimum Gasteiger partial charge on any atom is -0.228 e. The third-order valence-electron chi connectivity index (χ3n) is 11.3. The number of benzene rings is 8. The summed E-state index contributed by atoms with van der Waals surface area (Å²) in [5.74, 6) is 0.705. The van der Waals surface area contributed by atoms with Gasteiger partial charge in [0.05, 0.1) is 11.4 Å². The van der Waals surface area contributed by atoms with Gasteiger partial charge in [0.15, 0.2) is 5.82 Å². The summed E-state index contributed by atoms with van der Waals surface area (Å²) in [5.41, 5.74) is 17.4. The molecule has 9 aromatic rings. The topological polar surface area (TPSA) is 25.8 Å². The van der Waals surface area contributed by atoms with Gasteiger partial charge in [-0.1, -0.05) is 190 Å². The zero-order chi connectivity index (χ0) is 36.9. The molecule has 0 bridgehead atoms. The van der Waals surface area contributed by atoms with Crippen LogP contribution in [0, 0.1) is 0 Å². The van der Waals surface area contributed by atoms with E-state index in [1.54, 1.807) is 0 Å². The maximum Gasteiger partial charge on any atom is 0.160 e. The second-order valence-corrected chi connectivity index (χ2v) is 15.0. The Morgan fingerprint density at radius 3 is 1.53 bits per heavy atom. The van der Waals surface area contributed by atoms with Crippen LogP contribution in [-0.2, 0) is 5.41 Å². The maximum atomic E-state index is 5.15. The first-order valence-electron chi connectivity index (χ1n) is 19.0. The van der Waals surface area contributed by atoms with Gasteiger partial charge in [-0.3, -0.25) is 0 Å². The van der Waals surface area contributed by atoms with Gasteiger partial charge in [0, 0.05) is 22.1 Å². The molecule has 10 rings (SSSR count). The summed E-state index contributed by atoms with van der Waals surface area (Å²) in [6.07, 6.45) is 0. The summed E-state index contributed by atoms with van der Waals surface area (Å²) >= 11 is 0. The Morgan fingerprint density at radius 1 is 0.345 bits per heavy atom. The Morgan fingerprint density at radius 2 is 0.836 bits per heavy atom. The Bertz CT molecular complexity index is 2850. The fourth-order valence-corrected chi connectivity index (χ4v) is 8.32. The fourth-order valence-electron chi connectivity index (χ4n) is 8.32. The van der Waals surface area contributed by atoms with E-state index in [-0.39, 0.29) is 5.41 Å². The molecular formula is C53H38N2. The number of fused-ring (bicyclic) bond motifs is 5. The summed E-state index contributed by atoms with van der Waals surface area (Å²) in [6.45, 7) is 4.71. The lowest BCUT2D eigenvalue weighted by Crippen LogP contribution is -2.15. The lowest BCUT2D eigenvalue weighted by molar-refractivity contribution is 0.661. The number of rotatable bonds is 6. The van der Waals surface area contributed by atoms with Crippen LogP contribution in [0.1, 0.15) is 25.0 Å². The predicted molar refractivity (Wildman–Crippen MR) is 230 cm³/mol. The molecule has 0 fully saturated rings. The van der Waals surface area contributed by atoms with Crippen LogP contribution in [0.3, 0.4) is 0 Å². The molecule has 2 nitrogen and oxygen atoms in total. The molecule has 1 heterocycles. The standard InChI is InChI=1S/C53H38N2/c1-53(2)47-31-29-39-14-9-10-19-45(39)51(47)46-30-28-43(33-48(46)53)38-22-20-37(21-23-38)42-17-11-18-44(32-42)52-54-49(40-15-7-4-8-16-40)34-50(55-52)41-26-24-36(25-27-41)35-12-5-3-6-13-35/h3-34H,1-2H3. The quantitative estimate of drug-likeness (QED) is 0.172. The van der Waals surface area contributed by atoms with Crippen LogP contribution in [0.2, 0.25) is 0 Å². The minimum atomic E-state index is -0.0730. The number of hydrogen-bond acceptors (Lipinski definition) is 2. The van der Waals surface area contributed by atoms with Crippen molar-refractivity contribution in [2.75, 3.05) is 0 Å². The SMILES string of the molecule is CC1(C)c2cc(-c3ccc(-c4cccc(-c5nc(-c6ccccc6)cc(-c6ccc(-c7ccccc7)cc6)n5)c4)cc3)ccc2-c2c1ccc1ccccc21. The van der Waals surface area contributed by atoms with E-state index in [0.29, 0.717) is 5.82 Å². The second kappa shape index (κ2) is 13.2. The smallest absolute Gasteiger partial charge is 0.160 e. The molecule has 0 atom stereocenters. The van der Waals surface area contributed by atoms with Crippen LogP contribution >= 0.6 is 0 Å². The zero-order valence-electron chi connectivity index (χ0n) is 30.9. The van der Waals surface area contributed by atoms with Crippen molar-refractivity contribution in [3.63, 3.8) is 0 Å². The molecule has 1 aliphatic rings. The van der Waals surface area contributed by atoms with Crippen molar-refractivity contribution >= 4 is 10.8 Å². The zero-order valence-corrected chi connectivity index (χ0v) is 30.9. The van der Waals surface area contributed by atoms with Crippen molar-refractivity contribution in [3.05, 3.63) is 205 Å². The summed E-state index contributed by atoms with van der Waals surface area (Å²) in [4.78, 5) is 10.3. The molecule has 0 amide bonds. The normalized spacial score (nSPS) is 12.7. The largest absolute Gasteiger partial charge is 0.228 e. The molecule has 0 radical (unpaired) electrons. The van der Waals surface area contributed by atoms with Gasteiger partial charge in [0.25, 0.3) is 0 Å². The monoisotopic (exact) mass is 702 g/mol. The highest BCUT2D eigenvalue weighted by Gasteiger charge is 2.36. The Labute approximate surface area is 322 Å². The minimum absolute atomic E-state index is 0.0730. The molecule has 0 saturated heterocycles. The third kappa shape index (κ3) is 5.84. The van der Waals surface area contributed by atoms with Gasteiger partial charge in [-0.25, -0.2) is 9.97 Å². The Balaban J connectivity index is 0.978. The predicted octanol–water partition coefficient (Wildman–Crippen LogP) is 13.9. The molecule has 1 aliphatic carbocycles. The third-order valence-corrected chi connectivity index (χ3v) is 11.3. The van der Waals surface area contributed by atoms with Gasteiger partial charge in [-0.05, 0) is 84.6 Å². The van der Waals surface area contributed by atoms with E-state index < -0.39 is 0 Å². The fraction of sp³-hybridized carbons (Fsp3) is 0.0566. The first kappa shape index (κ1) is 32.7. The molecule has 8 aromatic carbocycles. The van der Waals surface area contributed by atoms with Gasteiger partial charge in [-0.2, -0.15) is 0 Å². The van der Waals surface area contributed by atoms with E-state index in [1.165, 1.54) is 55.3 Å². The first-order chi connectivity index (χ1) is 27.0. The van der Waals surface area contributed by atoms with Crippen LogP contribution in [0.25, 0.3) is 89.2 Å². The van der Waals surface area contributed by atoms with Crippen LogP contribution < -0.4 is 0 Å². The molecular weight excluding hydrogens is 665 g/mol. The molecule has 0 N–H and O–H groups in total. The Kier molecular flexibility index (Phi) is 7.85. The van der Waals surface area contributed by atoms with Crippen LogP contribution in [0.15, 0.2) is 194 Å². The number of aromatic nitrogens is 2. The Hall–Kier alpha value is -6.90. The van der Waals surface area contributed by atoms with Crippen LogP contribution in [-0.4, -0.2) is 9.97 Å². The van der Waals surface area contributed by atoms with E-state index in [1.807, 2.05) is 12.1 Å². The molecule has 0 aliphatic heterocycles. The molecule has 55 heavy (non-hydrogen) atoms. The molecule has 2 heteroatoms. The second-order valence-electron chi connectivity index (χ2n) is 15.0. The lowest BCUT2D eigenvalue weighted by Gasteiger charge is -2.22. The van der Waals surface area contributed by atoms with Crippen molar-refractivity contribution in [2.24, 2.45) is 0 Å². The van der Waals surface area contributed by atoms with Crippen LogP contribution in [0.4, 0.5) is 0 Å². The van der Waals surface area contributed by atoms with Gasteiger partial charge in [0.2, 0.25) is 0 Å². The number of nitrogens with zero attached hydrogens (tertiary/aromatic N) is 2.